The van der Waals surface area contributed by atoms with Crippen LogP contribution in [0.15, 0.2) is 35.2 Å². The zero-order chi connectivity index (χ0) is 16.5. The van der Waals surface area contributed by atoms with Crippen LogP contribution >= 0.6 is 11.3 Å². The standard InChI is InChI=1S/C17H17FN2O3S/c18-12-2-1-6-19-16(12)23-14-4-3-13-15(14)22-8-7-20(13)17(21)11-5-9-24-10-11/h1-2,5-6,9-10,13-15H,3-4,7-8H2/t13-,14+,15+/m1/s1. The molecule has 2 aromatic rings. The summed E-state index contributed by atoms with van der Waals surface area (Å²) in [5, 5.41) is 3.76. The van der Waals surface area contributed by atoms with E-state index in [4.69, 9.17) is 9.47 Å². The van der Waals surface area contributed by atoms with Gasteiger partial charge in [-0.15, -0.1) is 0 Å². The van der Waals surface area contributed by atoms with Crippen molar-refractivity contribution in [1.82, 2.24) is 9.88 Å². The second-order valence-electron chi connectivity index (χ2n) is 5.94. The van der Waals surface area contributed by atoms with Crippen molar-refractivity contribution in [2.45, 2.75) is 31.1 Å². The minimum atomic E-state index is -0.483. The van der Waals surface area contributed by atoms with Crippen molar-refractivity contribution in [3.8, 4) is 5.88 Å². The van der Waals surface area contributed by atoms with Crippen LogP contribution in [0.4, 0.5) is 4.39 Å². The highest BCUT2D eigenvalue weighted by Gasteiger charge is 2.46. The van der Waals surface area contributed by atoms with Gasteiger partial charge in [0.25, 0.3) is 11.8 Å². The molecule has 0 bridgehead atoms. The number of hydrogen-bond donors (Lipinski definition) is 0. The van der Waals surface area contributed by atoms with Gasteiger partial charge in [0.05, 0.1) is 18.2 Å². The van der Waals surface area contributed by atoms with Crippen LogP contribution in [-0.4, -0.2) is 47.2 Å². The maximum Gasteiger partial charge on any atom is 0.255 e. The Kier molecular flexibility index (Phi) is 4.20. The summed E-state index contributed by atoms with van der Waals surface area (Å²) in [4.78, 5) is 18.5. The van der Waals surface area contributed by atoms with Crippen molar-refractivity contribution in [2.24, 2.45) is 0 Å². The Balaban J connectivity index is 1.50. The van der Waals surface area contributed by atoms with Gasteiger partial charge in [0.2, 0.25) is 0 Å². The third kappa shape index (κ3) is 2.78. The van der Waals surface area contributed by atoms with Crippen molar-refractivity contribution in [2.75, 3.05) is 13.2 Å². The van der Waals surface area contributed by atoms with Crippen molar-refractivity contribution in [1.29, 1.82) is 0 Å². The number of nitrogens with zero attached hydrogens (tertiary/aromatic N) is 2. The first-order chi connectivity index (χ1) is 11.7. The van der Waals surface area contributed by atoms with E-state index in [0.717, 1.165) is 6.42 Å². The van der Waals surface area contributed by atoms with Gasteiger partial charge in [0, 0.05) is 18.1 Å². The SMILES string of the molecule is O=C(c1ccsc1)N1CCO[C@@H]2[C@@H](Oc3ncccc3F)CC[C@H]21. The number of pyridine rings is 1. The molecule has 4 rings (SSSR count). The number of morpholine rings is 1. The van der Waals surface area contributed by atoms with Gasteiger partial charge in [-0.2, -0.15) is 11.3 Å². The second-order valence-corrected chi connectivity index (χ2v) is 6.72. The number of hydrogen-bond acceptors (Lipinski definition) is 5. The molecule has 7 heteroatoms. The molecular formula is C17H17FN2O3S. The normalized spacial score (nSPS) is 26.2. The van der Waals surface area contributed by atoms with Crippen LogP contribution in [0.25, 0.3) is 0 Å². The van der Waals surface area contributed by atoms with Gasteiger partial charge >= 0.3 is 0 Å². The molecule has 1 aliphatic heterocycles. The molecular weight excluding hydrogens is 331 g/mol. The first-order valence-corrected chi connectivity index (χ1v) is 8.90. The van der Waals surface area contributed by atoms with Crippen LogP contribution in [0, 0.1) is 5.82 Å². The number of ether oxygens (including phenoxy) is 2. The first-order valence-electron chi connectivity index (χ1n) is 7.96. The van der Waals surface area contributed by atoms with Crippen LogP contribution < -0.4 is 4.74 Å². The Morgan fingerprint density at radius 2 is 2.33 bits per heavy atom. The van der Waals surface area contributed by atoms with Gasteiger partial charge in [0.1, 0.15) is 12.2 Å². The van der Waals surface area contributed by atoms with E-state index in [0.29, 0.717) is 25.1 Å². The fourth-order valence-electron chi connectivity index (χ4n) is 3.45. The lowest BCUT2D eigenvalue weighted by Crippen LogP contribution is -2.54. The number of rotatable bonds is 3. The number of carbonyl (C=O) groups is 1. The lowest BCUT2D eigenvalue weighted by atomic mass is 10.1. The van der Waals surface area contributed by atoms with E-state index in [1.165, 1.54) is 29.7 Å². The predicted octanol–water partition coefficient (Wildman–Crippen LogP) is 2.73. The van der Waals surface area contributed by atoms with Crippen LogP contribution in [-0.2, 0) is 4.74 Å². The van der Waals surface area contributed by atoms with Gasteiger partial charge in [-0.25, -0.2) is 9.37 Å². The topological polar surface area (TPSA) is 51.7 Å². The zero-order valence-electron chi connectivity index (χ0n) is 12.9. The third-order valence-electron chi connectivity index (χ3n) is 4.55. The summed E-state index contributed by atoms with van der Waals surface area (Å²) in [6.07, 6.45) is 2.44. The molecule has 126 valence electrons. The molecule has 2 aliphatic rings. The highest BCUT2D eigenvalue weighted by Crippen LogP contribution is 2.34. The maximum absolute atomic E-state index is 13.8. The van der Waals surface area contributed by atoms with E-state index < -0.39 is 5.82 Å². The van der Waals surface area contributed by atoms with E-state index in [9.17, 15) is 9.18 Å². The summed E-state index contributed by atoms with van der Waals surface area (Å²) in [5.41, 5.74) is 0.709. The van der Waals surface area contributed by atoms with Gasteiger partial charge in [-0.1, -0.05) is 0 Å². The maximum atomic E-state index is 13.8. The summed E-state index contributed by atoms with van der Waals surface area (Å²) in [7, 11) is 0. The van der Waals surface area contributed by atoms with E-state index in [1.54, 1.807) is 0 Å². The van der Waals surface area contributed by atoms with E-state index in [-0.39, 0.29) is 30.0 Å². The van der Waals surface area contributed by atoms with Gasteiger partial charge < -0.3 is 14.4 Å². The van der Waals surface area contributed by atoms with E-state index in [1.807, 2.05) is 21.7 Å². The summed E-state index contributed by atoms with van der Waals surface area (Å²) in [5.74, 6) is -0.463. The third-order valence-corrected chi connectivity index (χ3v) is 5.24. The molecule has 3 atom stereocenters. The summed E-state index contributed by atoms with van der Waals surface area (Å²) >= 11 is 1.51. The van der Waals surface area contributed by atoms with Crippen LogP contribution in [0.5, 0.6) is 5.88 Å². The van der Waals surface area contributed by atoms with Gasteiger partial charge in [-0.3, -0.25) is 4.79 Å². The molecule has 0 spiro atoms. The molecule has 0 radical (unpaired) electrons. The lowest BCUT2D eigenvalue weighted by Gasteiger charge is -2.38. The van der Waals surface area contributed by atoms with Crippen LogP contribution in [0.3, 0.4) is 0 Å². The monoisotopic (exact) mass is 348 g/mol. The second kappa shape index (κ2) is 6.49. The molecule has 0 N–H and O–H groups in total. The number of thiophene rings is 1. The quantitative estimate of drug-likeness (QED) is 0.856. The number of fused-ring (bicyclic) bond motifs is 1. The summed E-state index contributed by atoms with van der Waals surface area (Å²) in [6.45, 7) is 1.03. The Labute approximate surface area is 143 Å². The molecule has 2 aromatic heterocycles. The molecule has 0 unspecified atom stereocenters. The summed E-state index contributed by atoms with van der Waals surface area (Å²) < 4.78 is 25.4. The molecule has 5 nitrogen and oxygen atoms in total. The average Bonchev–Trinajstić information content (AvgIpc) is 3.26. The van der Waals surface area contributed by atoms with E-state index >= 15 is 0 Å². The van der Waals surface area contributed by atoms with Crippen molar-refractivity contribution in [3.05, 3.63) is 46.5 Å². The molecule has 1 amide bonds. The number of carbonyl (C=O) groups excluding carboxylic acids is 1. The molecule has 2 fully saturated rings. The molecule has 24 heavy (non-hydrogen) atoms. The van der Waals surface area contributed by atoms with Gasteiger partial charge in [-0.05, 0) is 36.4 Å². The Morgan fingerprint density at radius 1 is 1.42 bits per heavy atom. The highest BCUT2D eigenvalue weighted by atomic mass is 32.1. The molecule has 0 aromatic carbocycles. The molecule has 3 heterocycles. The van der Waals surface area contributed by atoms with Crippen LogP contribution in [0.1, 0.15) is 23.2 Å². The largest absolute Gasteiger partial charge is 0.469 e. The van der Waals surface area contributed by atoms with Crippen molar-refractivity contribution >= 4 is 17.2 Å². The number of amides is 1. The molecule has 1 aliphatic carbocycles. The fraction of sp³-hybridized carbons (Fsp3) is 0.412. The van der Waals surface area contributed by atoms with Crippen LogP contribution in [0.2, 0.25) is 0 Å². The minimum Gasteiger partial charge on any atom is -0.469 e. The van der Waals surface area contributed by atoms with Crippen molar-refractivity contribution < 1.29 is 18.7 Å². The van der Waals surface area contributed by atoms with Gasteiger partial charge in [0.15, 0.2) is 5.82 Å². The molecule has 1 saturated heterocycles. The van der Waals surface area contributed by atoms with E-state index in [2.05, 4.69) is 4.98 Å². The minimum absolute atomic E-state index is 0.00645. The highest BCUT2D eigenvalue weighted by molar-refractivity contribution is 7.08. The Hall–Kier alpha value is -1.99. The van der Waals surface area contributed by atoms with Crippen molar-refractivity contribution in [3.63, 3.8) is 0 Å². The number of halogens is 1. The zero-order valence-corrected chi connectivity index (χ0v) is 13.7. The first kappa shape index (κ1) is 15.5. The number of aromatic nitrogens is 1. The Bertz CT molecular complexity index is 724. The fourth-order valence-corrected chi connectivity index (χ4v) is 4.08. The average molecular weight is 348 g/mol. The molecule has 1 saturated carbocycles. The summed E-state index contributed by atoms with van der Waals surface area (Å²) in [6, 6.07) is 4.65. The smallest absolute Gasteiger partial charge is 0.255 e. The lowest BCUT2D eigenvalue weighted by molar-refractivity contribution is -0.0798. The predicted molar refractivity (Wildman–Crippen MR) is 86.7 cm³/mol. The Morgan fingerprint density at radius 3 is 3.12 bits per heavy atom.